The van der Waals surface area contributed by atoms with Gasteiger partial charge in [0.25, 0.3) is 0 Å². The zero-order chi connectivity index (χ0) is 15.2. The Morgan fingerprint density at radius 1 is 1.33 bits per heavy atom. The zero-order valence-electron chi connectivity index (χ0n) is 12.5. The van der Waals surface area contributed by atoms with E-state index in [1.165, 1.54) is 0 Å². The number of rotatable bonds is 3. The van der Waals surface area contributed by atoms with Crippen molar-refractivity contribution in [2.24, 2.45) is 5.73 Å². The van der Waals surface area contributed by atoms with Crippen molar-refractivity contribution >= 4 is 28.2 Å². The molecule has 0 saturated carbocycles. The van der Waals surface area contributed by atoms with Crippen molar-refractivity contribution in [1.82, 2.24) is 9.55 Å². The van der Waals surface area contributed by atoms with Crippen LogP contribution >= 0.6 is 12.2 Å². The van der Waals surface area contributed by atoms with Gasteiger partial charge in [0.1, 0.15) is 5.82 Å². The Bertz CT molecular complexity index is 716. The molecule has 3 rings (SSSR count). The van der Waals surface area contributed by atoms with Gasteiger partial charge in [-0.1, -0.05) is 33.0 Å². The van der Waals surface area contributed by atoms with Gasteiger partial charge in [-0.05, 0) is 0 Å². The first-order valence-corrected chi connectivity index (χ1v) is 7.36. The van der Waals surface area contributed by atoms with E-state index >= 15 is 0 Å². The van der Waals surface area contributed by atoms with Crippen molar-refractivity contribution in [2.75, 3.05) is 6.79 Å². The van der Waals surface area contributed by atoms with Crippen LogP contribution in [0.2, 0.25) is 0 Å². The van der Waals surface area contributed by atoms with Crippen molar-refractivity contribution in [1.29, 1.82) is 0 Å². The Hall–Kier alpha value is -1.82. The van der Waals surface area contributed by atoms with Gasteiger partial charge in [-0.2, -0.15) is 0 Å². The number of benzene rings is 1. The molecule has 5 nitrogen and oxygen atoms in total. The number of aromatic nitrogens is 2. The van der Waals surface area contributed by atoms with Crippen molar-refractivity contribution < 1.29 is 9.47 Å². The van der Waals surface area contributed by atoms with Gasteiger partial charge in [-0.3, -0.25) is 0 Å². The zero-order valence-corrected chi connectivity index (χ0v) is 13.3. The van der Waals surface area contributed by atoms with Gasteiger partial charge in [-0.25, -0.2) is 4.98 Å². The molecule has 1 aliphatic heterocycles. The molecule has 1 aliphatic rings. The predicted molar refractivity (Wildman–Crippen MR) is 86.0 cm³/mol. The van der Waals surface area contributed by atoms with Crippen molar-refractivity contribution in [3.63, 3.8) is 0 Å². The van der Waals surface area contributed by atoms with Crippen LogP contribution in [0.5, 0.6) is 11.5 Å². The Kier molecular flexibility index (Phi) is 3.28. The fourth-order valence-electron chi connectivity index (χ4n) is 2.54. The monoisotopic (exact) mass is 305 g/mol. The van der Waals surface area contributed by atoms with Crippen molar-refractivity contribution in [3.8, 4) is 11.5 Å². The van der Waals surface area contributed by atoms with Gasteiger partial charge in [0.15, 0.2) is 11.5 Å². The molecule has 0 radical (unpaired) electrons. The molecule has 1 aromatic carbocycles. The summed E-state index contributed by atoms with van der Waals surface area (Å²) < 4.78 is 13.1. The maximum Gasteiger partial charge on any atom is 0.231 e. The maximum atomic E-state index is 5.66. The van der Waals surface area contributed by atoms with Crippen molar-refractivity contribution in [3.05, 3.63) is 18.0 Å². The summed E-state index contributed by atoms with van der Waals surface area (Å²) in [5.74, 6) is 2.53. The number of nitrogens with two attached hydrogens (primary N) is 1. The molecule has 0 fully saturated rings. The summed E-state index contributed by atoms with van der Waals surface area (Å²) in [6.07, 6.45) is 0.651. The summed E-state index contributed by atoms with van der Waals surface area (Å²) in [6.45, 7) is 7.42. The maximum absolute atomic E-state index is 5.66. The molecule has 0 saturated heterocycles. The van der Waals surface area contributed by atoms with E-state index in [1.54, 1.807) is 0 Å². The molecule has 0 bridgehead atoms. The first-order valence-electron chi connectivity index (χ1n) is 6.95. The minimum Gasteiger partial charge on any atom is -0.454 e. The van der Waals surface area contributed by atoms with Crippen molar-refractivity contribution in [2.45, 2.75) is 39.2 Å². The Morgan fingerprint density at radius 3 is 2.62 bits per heavy atom. The molecule has 21 heavy (non-hydrogen) atoms. The first-order chi connectivity index (χ1) is 9.86. The molecular formula is C15H19N3O2S. The lowest BCUT2D eigenvalue weighted by atomic mass is 9.95. The van der Waals surface area contributed by atoms with E-state index in [2.05, 4.69) is 25.3 Å². The Labute approximate surface area is 129 Å². The van der Waals surface area contributed by atoms with Gasteiger partial charge in [0.05, 0.1) is 16.0 Å². The van der Waals surface area contributed by atoms with Crippen LogP contribution in [0.3, 0.4) is 0 Å². The molecule has 0 unspecified atom stereocenters. The van der Waals surface area contributed by atoms with E-state index in [-0.39, 0.29) is 12.2 Å². The Balaban J connectivity index is 2.16. The lowest BCUT2D eigenvalue weighted by molar-refractivity contribution is 0.174. The fourth-order valence-corrected chi connectivity index (χ4v) is 2.63. The molecule has 2 aromatic rings. The molecular weight excluding hydrogens is 286 g/mol. The van der Waals surface area contributed by atoms with E-state index in [1.807, 2.05) is 12.1 Å². The van der Waals surface area contributed by atoms with Gasteiger partial charge in [0.2, 0.25) is 6.79 Å². The molecule has 1 aromatic heterocycles. The SMILES string of the molecule is CC(C)(C)c1nc2cc3c(cc2n1CCC(N)=S)OCO3. The number of hydrogen-bond donors (Lipinski definition) is 1. The third kappa shape index (κ3) is 2.55. The predicted octanol–water partition coefficient (Wildman–Crippen LogP) is 2.74. The minimum atomic E-state index is -0.0681. The van der Waals surface area contributed by atoms with Gasteiger partial charge in [-0.15, -0.1) is 0 Å². The second-order valence-corrected chi connectivity index (χ2v) is 6.77. The highest BCUT2D eigenvalue weighted by Crippen LogP contribution is 2.37. The third-order valence-corrected chi connectivity index (χ3v) is 3.70. The standard InChI is InChI=1S/C15H19N3O2S/c1-15(2,3)14-17-9-6-11-12(20-8-19-11)7-10(9)18(14)5-4-13(16)21/h6-7H,4-5,8H2,1-3H3,(H2,16,21). The normalized spacial score (nSPS) is 13.9. The number of ether oxygens (including phenoxy) is 2. The van der Waals surface area contributed by atoms with Crippen LogP contribution in [-0.2, 0) is 12.0 Å². The summed E-state index contributed by atoms with van der Waals surface area (Å²) >= 11 is 5.01. The van der Waals surface area contributed by atoms with Crippen LogP contribution in [0.15, 0.2) is 12.1 Å². The fraction of sp³-hybridized carbons (Fsp3) is 0.467. The van der Waals surface area contributed by atoms with Crippen LogP contribution in [0.4, 0.5) is 0 Å². The number of fused-ring (bicyclic) bond motifs is 2. The summed E-state index contributed by atoms with van der Waals surface area (Å²) in [5.41, 5.74) is 7.52. The van der Waals surface area contributed by atoms with Gasteiger partial charge >= 0.3 is 0 Å². The van der Waals surface area contributed by atoms with E-state index in [0.29, 0.717) is 11.4 Å². The van der Waals surface area contributed by atoms with Gasteiger partial charge in [0, 0.05) is 30.5 Å². The van der Waals surface area contributed by atoms with E-state index in [4.69, 9.17) is 32.4 Å². The summed E-state index contributed by atoms with van der Waals surface area (Å²) in [4.78, 5) is 5.29. The smallest absolute Gasteiger partial charge is 0.231 e. The summed E-state index contributed by atoms with van der Waals surface area (Å²) in [7, 11) is 0. The number of thiocarbonyl (C=S) groups is 1. The molecule has 0 atom stereocenters. The average molecular weight is 305 g/mol. The molecule has 0 amide bonds. The highest BCUT2D eigenvalue weighted by molar-refractivity contribution is 7.80. The Morgan fingerprint density at radius 2 is 2.00 bits per heavy atom. The first kappa shape index (κ1) is 14.1. The van der Waals surface area contributed by atoms with Crippen LogP contribution in [0.25, 0.3) is 11.0 Å². The quantitative estimate of drug-likeness (QED) is 0.883. The van der Waals surface area contributed by atoms with Crippen LogP contribution in [-0.4, -0.2) is 21.3 Å². The van der Waals surface area contributed by atoms with E-state index < -0.39 is 0 Å². The second-order valence-electron chi connectivity index (χ2n) is 6.25. The van der Waals surface area contributed by atoms with E-state index in [0.717, 1.165) is 34.9 Å². The average Bonchev–Trinajstić information content (AvgIpc) is 2.95. The molecule has 112 valence electrons. The van der Waals surface area contributed by atoms with Crippen LogP contribution in [0, 0.1) is 0 Å². The second kappa shape index (κ2) is 4.87. The molecule has 2 N–H and O–H groups in total. The largest absolute Gasteiger partial charge is 0.454 e. The molecule has 0 aliphatic carbocycles. The minimum absolute atomic E-state index is 0.0681. The number of hydrogen-bond acceptors (Lipinski definition) is 4. The number of aryl methyl sites for hydroxylation is 1. The highest BCUT2D eigenvalue weighted by Gasteiger charge is 2.25. The lowest BCUT2D eigenvalue weighted by Crippen LogP contribution is -2.21. The number of nitrogens with zero attached hydrogens (tertiary/aromatic N) is 2. The topological polar surface area (TPSA) is 62.3 Å². The summed E-state index contributed by atoms with van der Waals surface area (Å²) in [6, 6.07) is 3.92. The molecule has 0 spiro atoms. The number of imidazole rings is 1. The van der Waals surface area contributed by atoms with Gasteiger partial charge < -0.3 is 19.8 Å². The van der Waals surface area contributed by atoms with Crippen LogP contribution in [0.1, 0.15) is 33.0 Å². The highest BCUT2D eigenvalue weighted by atomic mass is 32.1. The molecule has 2 heterocycles. The summed E-state index contributed by atoms with van der Waals surface area (Å²) in [5, 5.41) is 0. The third-order valence-electron chi connectivity index (χ3n) is 3.50. The van der Waals surface area contributed by atoms with Crippen LogP contribution < -0.4 is 15.2 Å². The lowest BCUT2D eigenvalue weighted by Gasteiger charge is -2.20. The van der Waals surface area contributed by atoms with E-state index in [9.17, 15) is 0 Å². The molecule has 6 heteroatoms.